The van der Waals surface area contributed by atoms with Crippen LogP contribution >= 0.6 is 11.3 Å². The second-order valence-corrected chi connectivity index (χ2v) is 8.48. The number of ketones is 1. The molecule has 160 valence electrons. The zero-order valence-electron chi connectivity index (χ0n) is 17.2. The fourth-order valence-corrected chi connectivity index (χ4v) is 5.06. The van der Waals surface area contributed by atoms with Crippen molar-refractivity contribution >= 4 is 29.1 Å². The van der Waals surface area contributed by atoms with E-state index in [1.54, 1.807) is 20.0 Å². The second-order valence-electron chi connectivity index (χ2n) is 7.41. The molecule has 4 atom stereocenters. The first-order valence-corrected chi connectivity index (χ1v) is 10.7. The van der Waals surface area contributed by atoms with E-state index in [1.807, 2.05) is 30.3 Å². The van der Waals surface area contributed by atoms with Gasteiger partial charge in [0.25, 0.3) is 0 Å². The molecule has 2 aromatic rings. The highest BCUT2D eigenvalue weighted by molar-refractivity contribution is 7.15. The Morgan fingerprint density at radius 2 is 1.80 bits per heavy atom. The van der Waals surface area contributed by atoms with Crippen LogP contribution < -0.4 is 0 Å². The molecule has 1 N–H and O–H groups in total. The highest BCUT2D eigenvalue weighted by Crippen LogP contribution is 2.48. The number of Topliss-reactive ketones (excluding diaryl/α,β-unsaturated/α-hetero) is 1. The number of benzene rings is 1. The summed E-state index contributed by atoms with van der Waals surface area (Å²) in [5.41, 5.74) is -0.745. The summed E-state index contributed by atoms with van der Waals surface area (Å²) in [6.45, 7) is 4.95. The van der Waals surface area contributed by atoms with Gasteiger partial charge < -0.3 is 14.6 Å². The van der Waals surface area contributed by atoms with E-state index in [-0.39, 0.29) is 19.6 Å². The molecule has 1 heterocycles. The number of carbonyl (C=O) groups is 3. The number of nitrogens with zero attached hydrogens (tertiary/aromatic N) is 1. The van der Waals surface area contributed by atoms with E-state index in [0.29, 0.717) is 5.01 Å². The predicted octanol–water partition coefficient (Wildman–Crippen LogP) is 2.98. The number of ether oxygens (including phenoxy) is 2. The Morgan fingerprint density at radius 1 is 1.17 bits per heavy atom. The van der Waals surface area contributed by atoms with Crippen molar-refractivity contribution < 1.29 is 29.0 Å². The maximum Gasteiger partial charge on any atom is 0.317 e. The zero-order chi connectivity index (χ0) is 21.9. The van der Waals surface area contributed by atoms with E-state index in [0.717, 1.165) is 10.4 Å². The zero-order valence-corrected chi connectivity index (χ0v) is 18.0. The van der Waals surface area contributed by atoms with Gasteiger partial charge >= 0.3 is 11.9 Å². The van der Waals surface area contributed by atoms with Crippen LogP contribution in [0.5, 0.6) is 0 Å². The number of hydrogen-bond donors (Lipinski definition) is 1. The molecule has 0 aliphatic heterocycles. The molecule has 0 spiro atoms. The van der Waals surface area contributed by atoms with Crippen molar-refractivity contribution in [3.63, 3.8) is 0 Å². The molecule has 1 aromatic carbocycles. The van der Waals surface area contributed by atoms with Crippen LogP contribution in [0.15, 0.2) is 36.5 Å². The normalized spacial score (nSPS) is 26.3. The molecule has 0 bridgehead atoms. The summed E-state index contributed by atoms with van der Waals surface area (Å²) in [7, 11) is 0. The molecular weight excluding hydrogens is 406 g/mol. The van der Waals surface area contributed by atoms with Crippen LogP contribution in [-0.2, 0) is 23.9 Å². The molecule has 1 aromatic heterocycles. The number of aliphatic hydroxyl groups is 1. The Kier molecular flexibility index (Phi) is 6.67. The van der Waals surface area contributed by atoms with Crippen LogP contribution in [0.4, 0.5) is 0 Å². The Morgan fingerprint density at radius 3 is 2.43 bits per heavy atom. The van der Waals surface area contributed by atoms with E-state index in [4.69, 9.17) is 9.47 Å². The molecular formula is C22H25NO6S. The monoisotopic (exact) mass is 431 g/mol. The van der Waals surface area contributed by atoms with Crippen LogP contribution in [0, 0.1) is 11.8 Å². The van der Waals surface area contributed by atoms with Gasteiger partial charge in [0.1, 0.15) is 5.92 Å². The van der Waals surface area contributed by atoms with Crippen LogP contribution in [0.25, 0.3) is 10.4 Å². The first-order chi connectivity index (χ1) is 14.3. The minimum Gasteiger partial charge on any atom is -0.466 e. The topological polar surface area (TPSA) is 103 Å². The first kappa shape index (κ1) is 22.1. The lowest BCUT2D eigenvalue weighted by Crippen LogP contribution is -2.55. The van der Waals surface area contributed by atoms with Crippen LogP contribution in [0.2, 0.25) is 0 Å². The van der Waals surface area contributed by atoms with Crippen molar-refractivity contribution in [1.82, 2.24) is 4.98 Å². The van der Waals surface area contributed by atoms with Crippen molar-refractivity contribution in [1.29, 1.82) is 0 Å². The van der Waals surface area contributed by atoms with Crippen LogP contribution in [-0.4, -0.2) is 46.6 Å². The molecule has 1 aliphatic carbocycles. The van der Waals surface area contributed by atoms with Crippen molar-refractivity contribution in [2.24, 2.45) is 11.8 Å². The quantitative estimate of drug-likeness (QED) is 0.554. The summed E-state index contributed by atoms with van der Waals surface area (Å²) in [5, 5.41) is 11.4. The lowest BCUT2D eigenvalue weighted by atomic mass is 9.64. The van der Waals surface area contributed by atoms with Gasteiger partial charge in [-0.25, -0.2) is 4.98 Å². The summed E-state index contributed by atoms with van der Waals surface area (Å²) < 4.78 is 10.3. The Bertz CT molecular complexity index is 923. The Hall–Kier alpha value is -2.58. The third kappa shape index (κ3) is 4.29. The number of aromatic nitrogens is 1. The molecule has 8 heteroatoms. The lowest BCUT2D eigenvalue weighted by molar-refractivity contribution is -0.172. The van der Waals surface area contributed by atoms with E-state index in [9.17, 15) is 19.5 Å². The molecule has 0 amide bonds. The molecule has 0 radical (unpaired) electrons. The second kappa shape index (κ2) is 9.06. The number of thiazole rings is 1. The fraction of sp³-hybridized carbons (Fsp3) is 0.455. The summed E-state index contributed by atoms with van der Waals surface area (Å²) >= 11 is 1.28. The lowest BCUT2D eigenvalue weighted by Gasteiger charge is -2.42. The number of carbonyl (C=O) groups excluding carboxylic acids is 3. The summed E-state index contributed by atoms with van der Waals surface area (Å²) in [6.07, 6.45) is 1.31. The van der Waals surface area contributed by atoms with Gasteiger partial charge in [-0.1, -0.05) is 30.3 Å². The molecule has 3 rings (SSSR count). The Labute approximate surface area is 179 Å². The molecule has 30 heavy (non-hydrogen) atoms. The minimum absolute atomic E-state index is 0.100. The summed E-state index contributed by atoms with van der Waals surface area (Å²) in [4.78, 5) is 43.7. The minimum atomic E-state index is -1.67. The van der Waals surface area contributed by atoms with Gasteiger partial charge in [0.2, 0.25) is 0 Å². The van der Waals surface area contributed by atoms with Crippen LogP contribution in [0.3, 0.4) is 0 Å². The number of hydrogen-bond acceptors (Lipinski definition) is 8. The largest absolute Gasteiger partial charge is 0.466 e. The smallest absolute Gasteiger partial charge is 0.317 e. The molecule has 0 saturated heterocycles. The highest BCUT2D eigenvalue weighted by Gasteiger charge is 2.58. The van der Waals surface area contributed by atoms with E-state index >= 15 is 0 Å². The van der Waals surface area contributed by atoms with Crippen molar-refractivity contribution in [3.05, 3.63) is 41.5 Å². The van der Waals surface area contributed by atoms with Gasteiger partial charge in [-0.3, -0.25) is 14.4 Å². The average molecular weight is 432 g/mol. The maximum absolute atomic E-state index is 12.9. The van der Waals surface area contributed by atoms with Gasteiger partial charge in [-0.15, -0.1) is 11.3 Å². The summed E-state index contributed by atoms with van der Waals surface area (Å²) in [5.74, 6) is -5.17. The van der Waals surface area contributed by atoms with E-state index in [1.165, 1.54) is 18.3 Å². The van der Waals surface area contributed by atoms with Crippen molar-refractivity contribution in [3.8, 4) is 10.4 Å². The molecule has 1 aliphatic rings. The predicted molar refractivity (Wildman–Crippen MR) is 111 cm³/mol. The van der Waals surface area contributed by atoms with Gasteiger partial charge in [0.15, 0.2) is 5.78 Å². The fourth-order valence-electron chi connectivity index (χ4n) is 3.96. The van der Waals surface area contributed by atoms with Crippen LogP contribution in [0.1, 0.15) is 38.1 Å². The highest BCUT2D eigenvalue weighted by atomic mass is 32.1. The van der Waals surface area contributed by atoms with Gasteiger partial charge in [-0.2, -0.15) is 0 Å². The molecule has 1 fully saturated rings. The summed E-state index contributed by atoms with van der Waals surface area (Å²) in [6, 6.07) is 9.53. The van der Waals surface area contributed by atoms with Crippen molar-refractivity contribution in [2.45, 2.75) is 38.7 Å². The van der Waals surface area contributed by atoms with E-state index < -0.39 is 41.1 Å². The molecule has 4 unspecified atom stereocenters. The molecule has 7 nitrogen and oxygen atoms in total. The molecule has 1 saturated carbocycles. The number of esters is 2. The Balaban J connectivity index is 2.11. The standard InChI is InChI=1S/C22H25NO6S/c1-4-28-20(25)16-14(24)11-22(3,27)18(21(26)29-5-2)17(16)19-23-12-15(30-19)13-9-7-6-8-10-13/h6-10,12,16-18,27H,4-5,11H2,1-3H3. The van der Waals surface area contributed by atoms with Gasteiger partial charge in [-0.05, 0) is 26.3 Å². The van der Waals surface area contributed by atoms with Gasteiger partial charge in [0.05, 0.1) is 34.6 Å². The first-order valence-electron chi connectivity index (χ1n) is 9.89. The van der Waals surface area contributed by atoms with Crippen molar-refractivity contribution in [2.75, 3.05) is 13.2 Å². The third-order valence-electron chi connectivity index (χ3n) is 5.22. The maximum atomic E-state index is 12.9. The number of rotatable bonds is 6. The van der Waals surface area contributed by atoms with Gasteiger partial charge in [0, 0.05) is 18.5 Å². The average Bonchev–Trinajstić information content (AvgIpc) is 3.17. The third-order valence-corrected chi connectivity index (χ3v) is 6.36. The van der Waals surface area contributed by atoms with E-state index in [2.05, 4.69) is 4.98 Å². The SMILES string of the molecule is CCOC(=O)C1C(=O)CC(C)(O)C(C(=O)OCC)C1c1ncc(-c2ccccc2)s1.